The van der Waals surface area contributed by atoms with Gasteiger partial charge in [-0.1, -0.05) is 6.58 Å². The van der Waals surface area contributed by atoms with Crippen molar-refractivity contribution < 1.29 is 55.9 Å². The third-order valence-corrected chi connectivity index (χ3v) is 0.365. The summed E-state index contributed by atoms with van der Waals surface area (Å²) in [5.41, 5.74) is 0.176. The molecule has 0 aliphatic heterocycles. The van der Waals surface area contributed by atoms with Crippen LogP contribution in [0, 0.1) is 0 Å². The molecule has 0 aromatic rings. The summed E-state index contributed by atoms with van der Waals surface area (Å²) in [5, 5.41) is 21.8. The molecule has 60 valence electrons. The number of carboxylic acid groups (broad SMARTS) is 3. The number of aliphatic carboxylic acids is 1. The summed E-state index contributed by atoms with van der Waals surface area (Å²) in [5.74, 6) is -0.935. The molecule has 0 radical (unpaired) electrons. The monoisotopic (exact) mass is 172 g/mol. The van der Waals surface area contributed by atoms with E-state index >= 15 is 0 Å². The molecule has 0 aromatic carbocycles. The first kappa shape index (κ1) is 16.8. The summed E-state index contributed by atoms with van der Waals surface area (Å²) in [6.07, 6.45) is -1.83. The molecule has 0 bridgehead atoms. The molecule has 3 N–H and O–H groups in total. The van der Waals surface area contributed by atoms with Crippen LogP contribution in [0.25, 0.3) is 0 Å². The van der Waals surface area contributed by atoms with E-state index in [4.69, 9.17) is 20.1 Å². The maximum Gasteiger partial charge on any atom is 1.00 e. The zero-order valence-corrected chi connectivity index (χ0v) is 8.37. The molecule has 0 unspecified atom stereocenters. The molecule has 0 aromatic heterocycles. The zero-order valence-electron chi connectivity index (χ0n) is 7.37. The van der Waals surface area contributed by atoms with Gasteiger partial charge in [0.05, 0.1) is 0 Å². The molecular formula is C5H9NaO5. The maximum absolute atomic E-state index is 9.60. The molecule has 0 aliphatic rings. The third-order valence-electron chi connectivity index (χ3n) is 0.365. The summed E-state index contributed by atoms with van der Waals surface area (Å²) in [6.45, 7) is 4.60. The Morgan fingerprint density at radius 3 is 1.36 bits per heavy atom. The van der Waals surface area contributed by atoms with Crippen LogP contribution in [0.4, 0.5) is 4.79 Å². The first-order chi connectivity index (χ1) is 4.37. The molecule has 0 saturated carbocycles. The molecule has 11 heavy (non-hydrogen) atoms. The number of carboxylic acids is 1. The van der Waals surface area contributed by atoms with Crippen molar-refractivity contribution in [3.63, 3.8) is 0 Å². The number of rotatable bonds is 1. The normalized spacial score (nSPS) is 6.27. The van der Waals surface area contributed by atoms with E-state index in [9.17, 15) is 4.79 Å². The molecule has 0 fully saturated rings. The third kappa shape index (κ3) is 43.8. The van der Waals surface area contributed by atoms with Crippen LogP contribution in [0.2, 0.25) is 0 Å². The standard InChI is InChI=1S/C4H6O2.CH2O3.Na.H/c1-3(2)4(5)6;2-1(3)4;;/h1H2,2H3,(H,5,6);(H2,2,3,4);;/q;;+1;-1. The molecule has 0 heterocycles. The van der Waals surface area contributed by atoms with Crippen LogP contribution in [-0.4, -0.2) is 27.4 Å². The molecule has 6 heteroatoms. The van der Waals surface area contributed by atoms with E-state index in [0.29, 0.717) is 0 Å². The van der Waals surface area contributed by atoms with Gasteiger partial charge in [-0.05, 0) is 6.92 Å². The molecule has 5 nitrogen and oxygen atoms in total. The summed E-state index contributed by atoms with van der Waals surface area (Å²) in [4.78, 5) is 18.2. The topological polar surface area (TPSA) is 94.8 Å². The van der Waals surface area contributed by atoms with Gasteiger partial charge in [0.2, 0.25) is 0 Å². The van der Waals surface area contributed by atoms with Gasteiger partial charge in [0, 0.05) is 5.57 Å². The van der Waals surface area contributed by atoms with Gasteiger partial charge < -0.3 is 16.7 Å². The summed E-state index contributed by atoms with van der Waals surface area (Å²) >= 11 is 0. The van der Waals surface area contributed by atoms with E-state index in [2.05, 4.69) is 6.58 Å². The van der Waals surface area contributed by atoms with E-state index < -0.39 is 12.1 Å². The van der Waals surface area contributed by atoms with Gasteiger partial charge in [-0.25, -0.2) is 9.59 Å². The van der Waals surface area contributed by atoms with Crippen LogP contribution in [0.1, 0.15) is 8.35 Å². The Balaban J connectivity index is -0.0000000483. The van der Waals surface area contributed by atoms with E-state index in [-0.39, 0.29) is 36.6 Å². The average Bonchev–Trinajstić information content (AvgIpc) is 1.63. The Morgan fingerprint density at radius 1 is 1.27 bits per heavy atom. The second kappa shape index (κ2) is 9.48. The Labute approximate surface area is 87.1 Å². The smallest absolute Gasteiger partial charge is 1.00 e. The van der Waals surface area contributed by atoms with E-state index in [1.54, 1.807) is 0 Å². The van der Waals surface area contributed by atoms with Gasteiger partial charge in [-0.3, -0.25) is 0 Å². The Hall–Kier alpha value is -0.520. The number of hydrogen-bond donors (Lipinski definition) is 3. The Kier molecular flexibility index (Phi) is 14.5. The van der Waals surface area contributed by atoms with Gasteiger partial charge in [-0.2, -0.15) is 0 Å². The minimum absolute atomic E-state index is 0. The second-order valence-electron chi connectivity index (χ2n) is 1.37. The van der Waals surface area contributed by atoms with Crippen LogP contribution >= 0.6 is 0 Å². The zero-order chi connectivity index (χ0) is 8.73. The Bertz CT molecular complexity index is 142. The van der Waals surface area contributed by atoms with Crippen LogP contribution in [0.5, 0.6) is 0 Å². The fourth-order valence-corrected chi connectivity index (χ4v) is 0. The molecule has 0 spiro atoms. The predicted molar refractivity (Wildman–Crippen MR) is 34.2 cm³/mol. The average molecular weight is 172 g/mol. The van der Waals surface area contributed by atoms with Crippen molar-refractivity contribution in [2.45, 2.75) is 6.92 Å². The van der Waals surface area contributed by atoms with Crippen molar-refractivity contribution in [1.29, 1.82) is 0 Å². The molecule has 0 atom stereocenters. The van der Waals surface area contributed by atoms with Crippen molar-refractivity contribution in [1.82, 2.24) is 0 Å². The predicted octanol–water partition coefficient (Wildman–Crippen LogP) is -2.01. The van der Waals surface area contributed by atoms with Crippen LogP contribution in [0.15, 0.2) is 12.2 Å². The second-order valence-corrected chi connectivity index (χ2v) is 1.37. The Morgan fingerprint density at radius 2 is 1.36 bits per heavy atom. The maximum atomic E-state index is 9.60. The van der Waals surface area contributed by atoms with E-state index in [1.165, 1.54) is 6.92 Å². The van der Waals surface area contributed by atoms with Crippen molar-refractivity contribution in [2.24, 2.45) is 0 Å². The molecular weight excluding hydrogens is 163 g/mol. The summed E-state index contributed by atoms with van der Waals surface area (Å²) in [6, 6.07) is 0. The first-order valence-corrected chi connectivity index (χ1v) is 2.18. The largest absolute Gasteiger partial charge is 1.00 e. The van der Waals surface area contributed by atoms with Crippen LogP contribution in [0.3, 0.4) is 0 Å². The summed E-state index contributed by atoms with van der Waals surface area (Å²) in [7, 11) is 0. The number of hydrogen-bond acceptors (Lipinski definition) is 2. The molecule has 0 amide bonds. The fraction of sp³-hybridized carbons (Fsp3) is 0.200. The fourth-order valence-electron chi connectivity index (χ4n) is 0. The summed E-state index contributed by atoms with van der Waals surface area (Å²) < 4.78 is 0. The van der Waals surface area contributed by atoms with Gasteiger partial charge in [-0.15, -0.1) is 0 Å². The molecule has 0 aliphatic carbocycles. The van der Waals surface area contributed by atoms with Crippen molar-refractivity contribution in [3.05, 3.63) is 12.2 Å². The van der Waals surface area contributed by atoms with Gasteiger partial charge >= 0.3 is 41.7 Å². The van der Waals surface area contributed by atoms with Gasteiger partial charge in [0.15, 0.2) is 0 Å². The van der Waals surface area contributed by atoms with Crippen molar-refractivity contribution in [3.8, 4) is 0 Å². The number of carbonyl (C=O) groups is 2. The quantitative estimate of drug-likeness (QED) is 0.313. The van der Waals surface area contributed by atoms with E-state index in [1.807, 2.05) is 0 Å². The first-order valence-electron chi connectivity index (χ1n) is 2.18. The minimum Gasteiger partial charge on any atom is -1.00 e. The SMILES string of the molecule is C=C(C)C(=O)O.O=C(O)O.[H-].[Na+]. The van der Waals surface area contributed by atoms with Crippen molar-refractivity contribution >= 4 is 12.1 Å². The van der Waals surface area contributed by atoms with Crippen LogP contribution < -0.4 is 29.6 Å². The van der Waals surface area contributed by atoms with Crippen molar-refractivity contribution in [2.75, 3.05) is 0 Å². The van der Waals surface area contributed by atoms with Gasteiger partial charge in [0.25, 0.3) is 0 Å². The van der Waals surface area contributed by atoms with Crippen LogP contribution in [-0.2, 0) is 4.79 Å². The molecule has 0 saturated heterocycles. The minimum atomic E-state index is -1.83. The van der Waals surface area contributed by atoms with Gasteiger partial charge in [0.1, 0.15) is 0 Å². The van der Waals surface area contributed by atoms with E-state index in [0.717, 1.165) is 0 Å². The molecule has 0 rings (SSSR count).